The van der Waals surface area contributed by atoms with Crippen LogP contribution in [0.2, 0.25) is 0 Å². The fraction of sp³-hybridized carbons (Fsp3) is 0.364. The van der Waals surface area contributed by atoms with Gasteiger partial charge in [0, 0.05) is 12.1 Å². The third-order valence-corrected chi connectivity index (χ3v) is 2.00. The van der Waals surface area contributed by atoms with Crippen molar-refractivity contribution in [1.29, 1.82) is 0 Å². The zero-order valence-electron chi connectivity index (χ0n) is 9.57. The maximum absolute atomic E-state index is 10.4. The Bertz CT molecular complexity index is 402. The van der Waals surface area contributed by atoms with E-state index in [9.17, 15) is 14.9 Å². The van der Waals surface area contributed by atoms with Gasteiger partial charge in [-0.05, 0) is 12.1 Å². The summed E-state index contributed by atoms with van der Waals surface area (Å²) >= 11 is 0. The van der Waals surface area contributed by atoms with E-state index >= 15 is 0 Å². The predicted octanol–water partition coefficient (Wildman–Crippen LogP) is 1.46. The molecule has 7 nitrogen and oxygen atoms in total. The number of benzene rings is 1. The Hall–Kier alpha value is -2.15. The van der Waals surface area contributed by atoms with Crippen LogP contribution in [0.25, 0.3) is 0 Å². The third-order valence-electron chi connectivity index (χ3n) is 2.00. The summed E-state index contributed by atoms with van der Waals surface area (Å²) in [6, 6.07) is 5.69. The molecule has 18 heavy (non-hydrogen) atoms. The molecule has 0 atom stereocenters. The molecular weight excluding hydrogens is 242 g/mol. The average molecular weight is 255 g/mol. The SMILES string of the molecule is O=C(O)CCOCCOc1ccc([N+](=O)[O-])cc1. The lowest BCUT2D eigenvalue weighted by atomic mass is 10.3. The Labute approximate surface area is 103 Å². The zero-order chi connectivity index (χ0) is 13.4. The molecule has 0 unspecified atom stereocenters. The molecular formula is C11H13NO6. The molecule has 0 amide bonds. The lowest BCUT2D eigenvalue weighted by Crippen LogP contribution is -2.09. The van der Waals surface area contributed by atoms with Gasteiger partial charge in [-0.15, -0.1) is 0 Å². The van der Waals surface area contributed by atoms with E-state index in [2.05, 4.69) is 0 Å². The van der Waals surface area contributed by atoms with Gasteiger partial charge in [0.2, 0.25) is 0 Å². The van der Waals surface area contributed by atoms with E-state index in [1.165, 1.54) is 24.3 Å². The minimum atomic E-state index is -0.911. The maximum atomic E-state index is 10.4. The lowest BCUT2D eigenvalue weighted by molar-refractivity contribution is -0.384. The molecule has 0 aliphatic carbocycles. The molecule has 0 aliphatic rings. The molecule has 1 rings (SSSR count). The number of nitrogens with zero attached hydrogens (tertiary/aromatic N) is 1. The normalized spacial score (nSPS) is 10.0. The summed E-state index contributed by atoms with van der Waals surface area (Å²) in [5.74, 6) is -0.409. The summed E-state index contributed by atoms with van der Waals surface area (Å²) in [4.78, 5) is 20.1. The molecule has 0 saturated heterocycles. The fourth-order valence-corrected chi connectivity index (χ4v) is 1.14. The van der Waals surface area contributed by atoms with Crippen molar-refractivity contribution in [3.8, 4) is 5.75 Å². The maximum Gasteiger partial charge on any atom is 0.305 e. The first-order valence-corrected chi connectivity index (χ1v) is 5.26. The quantitative estimate of drug-likeness (QED) is 0.429. The van der Waals surface area contributed by atoms with E-state index < -0.39 is 10.9 Å². The Kier molecular flexibility index (Phi) is 5.59. The molecule has 0 saturated carbocycles. The molecule has 0 heterocycles. The standard InChI is InChI=1S/C11H13NO6/c13-11(14)5-6-17-7-8-18-10-3-1-9(2-4-10)12(15)16/h1-4H,5-8H2,(H,13,14). The fourth-order valence-electron chi connectivity index (χ4n) is 1.14. The molecule has 0 bridgehead atoms. The number of carbonyl (C=O) groups is 1. The van der Waals surface area contributed by atoms with E-state index in [1.54, 1.807) is 0 Å². The molecule has 0 aliphatic heterocycles. The first-order valence-electron chi connectivity index (χ1n) is 5.26. The molecule has 98 valence electrons. The highest BCUT2D eigenvalue weighted by molar-refractivity contribution is 5.66. The predicted molar refractivity (Wildman–Crippen MR) is 61.7 cm³/mol. The Balaban J connectivity index is 2.19. The largest absolute Gasteiger partial charge is 0.491 e. The molecule has 0 aromatic heterocycles. The highest BCUT2D eigenvalue weighted by Gasteiger charge is 2.04. The van der Waals surface area contributed by atoms with Crippen LogP contribution in [0.5, 0.6) is 5.75 Å². The number of rotatable bonds is 8. The van der Waals surface area contributed by atoms with Crippen LogP contribution in [0.1, 0.15) is 6.42 Å². The summed E-state index contributed by atoms with van der Waals surface area (Å²) in [6.07, 6.45) is -0.0441. The summed E-state index contributed by atoms with van der Waals surface area (Å²) < 4.78 is 10.3. The van der Waals surface area contributed by atoms with Crippen LogP contribution in [0.4, 0.5) is 5.69 Å². The number of aliphatic carboxylic acids is 1. The number of non-ortho nitro benzene ring substituents is 1. The van der Waals surface area contributed by atoms with Crippen LogP contribution in [-0.4, -0.2) is 35.8 Å². The van der Waals surface area contributed by atoms with Crippen LogP contribution in [-0.2, 0) is 9.53 Å². The van der Waals surface area contributed by atoms with Crippen LogP contribution >= 0.6 is 0 Å². The van der Waals surface area contributed by atoms with Crippen LogP contribution < -0.4 is 4.74 Å². The van der Waals surface area contributed by atoms with Crippen molar-refractivity contribution in [2.75, 3.05) is 19.8 Å². The van der Waals surface area contributed by atoms with E-state index in [0.29, 0.717) is 5.75 Å². The molecule has 1 N–H and O–H groups in total. The second-order valence-corrected chi connectivity index (χ2v) is 3.36. The number of ether oxygens (including phenoxy) is 2. The molecule has 1 aromatic carbocycles. The average Bonchev–Trinajstić information content (AvgIpc) is 2.34. The van der Waals surface area contributed by atoms with Gasteiger partial charge in [0.25, 0.3) is 5.69 Å². The molecule has 7 heteroatoms. The van der Waals surface area contributed by atoms with E-state index in [-0.39, 0.29) is 31.9 Å². The van der Waals surface area contributed by atoms with Crippen LogP contribution in [0.15, 0.2) is 24.3 Å². The molecule has 1 aromatic rings. The number of hydrogen-bond acceptors (Lipinski definition) is 5. The highest BCUT2D eigenvalue weighted by Crippen LogP contribution is 2.16. The smallest absolute Gasteiger partial charge is 0.305 e. The molecule has 0 spiro atoms. The van der Waals surface area contributed by atoms with Crippen molar-refractivity contribution in [2.45, 2.75) is 6.42 Å². The third kappa shape index (κ3) is 5.26. The minimum absolute atomic E-state index is 0.0000539. The van der Waals surface area contributed by atoms with Gasteiger partial charge in [-0.3, -0.25) is 14.9 Å². The zero-order valence-corrected chi connectivity index (χ0v) is 9.57. The van der Waals surface area contributed by atoms with E-state index in [1.807, 2.05) is 0 Å². The Morgan fingerprint density at radius 2 is 1.89 bits per heavy atom. The number of carboxylic acids is 1. The van der Waals surface area contributed by atoms with E-state index in [0.717, 1.165) is 0 Å². The number of carboxylic acid groups (broad SMARTS) is 1. The van der Waals surface area contributed by atoms with Crippen molar-refractivity contribution in [1.82, 2.24) is 0 Å². The molecule has 0 radical (unpaired) electrons. The first kappa shape index (κ1) is 13.9. The highest BCUT2D eigenvalue weighted by atomic mass is 16.6. The summed E-state index contributed by atoms with van der Waals surface area (Å²) in [6.45, 7) is 0.667. The lowest BCUT2D eigenvalue weighted by Gasteiger charge is -2.06. The molecule has 0 fully saturated rings. The van der Waals surface area contributed by atoms with Crippen molar-refractivity contribution < 1.29 is 24.3 Å². The number of hydrogen-bond donors (Lipinski definition) is 1. The number of nitro benzene ring substituents is 1. The van der Waals surface area contributed by atoms with Crippen molar-refractivity contribution >= 4 is 11.7 Å². The van der Waals surface area contributed by atoms with Gasteiger partial charge in [0.05, 0.1) is 24.6 Å². The summed E-state index contributed by atoms with van der Waals surface area (Å²) in [5, 5.41) is 18.7. The topological polar surface area (TPSA) is 98.9 Å². The van der Waals surface area contributed by atoms with Gasteiger partial charge < -0.3 is 14.6 Å². The Morgan fingerprint density at radius 1 is 1.22 bits per heavy atom. The number of nitro groups is 1. The van der Waals surface area contributed by atoms with Gasteiger partial charge >= 0.3 is 5.97 Å². The Morgan fingerprint density at radius 3 is 2.44 bits per heavy atom. The minimum Gasteiger partial charge on any atom is -0.491 e. The van der Waals surface area contributed by atoms with Gasteiger partial charge in [0.15, 0.2) is 0 Å². The van der Waals surface area contributed by atoms with Crippen molar-refractivity contribution in [3.63, 3.8) is 0 Å². The van der Waals surface area contributed by atoms with Gasteiger partial charge in [-0.2, -0.15) is 0 Å². The monoisotopic (exact) mass is 255 g/mol. The van der Waals surface area contributed by atoms with E-state index in [4.69, 9.17) is 14.6 Å². The summed E-state index contributed by atoms with van der Waals surface area (Å²) in [7, 11) is 0. The van der Waals surface area contributed by atoms with Gasteiger partial charge in [-0.25, -0.2) is 0 Å². The van der Waals surface area contributed by atoms with Gasteiger partial charge in [-0.1, -0.05) is 0 Å². The van der Waals surface area contributed by atoms with Crippen molar-refractivity contribution in [3.05, 3.63) is 34.4 Å². The van der Waals surface area contributed by atoms with Crippen LogP contribution in [0.3, 0.4) is 0 Å². The van der Waals surface area contributed by atoms with Crippen molar-refractivity contribution in [2.24, 2.45) is 0 Å². The van der Waals surface area contributed by atoms with Gasteiger partial charge in [0.1, 0.15) is 12.4 Å². The second-order valence-electron chi connectivity index (χ2n) is 3.36. The second kappa shape index (κ2) is 7.23. The summed E-state index contributed by atoms with van der Waals surface area (Å²) in [5.41, 5.74) is 0.0000539. The first-order chi connectivity index (χ1) is 8.59. The van der Waals surface area contributed by atoms with Crippen LogP contribution in [0, 0.1) is 10.1 Å².